The van der Waals surface area contributed by atoms with Gasteiger partial charge < -0.3 is 9.47 Å². The fraction of sp³-hybridized carbons (Fsp3) is 0.118. The van der Waals surface area contributed by atoms with Crippen molar-refractivity contribution in [2.45, 2.75) is 0 Å². The quantitative estimate of drug-likeness (QED) is 0.604. The van der Waals surface area contributed by atoms with Crippen molar-refractivity contribution < 1.29 is 9.47 Å². The molecule has 0 aliphatic carbocycles. The average Bonchev–Trinajstić information content (AvgIpc) is 2.53. The summed E-state index contributed by atoms with van der Waals surface area (Å²) in [6.45, 7) is 0. The van der Waals surface area contributed by atoms with Crippen LogP contribution < -0.4 is 9.47 Å². The number of methoxy groups -OCH3 is 2. The largest absolute Gasteiger partial charge is 0.497 e. The van der Waals surface area contributed by atoms with E-state index < -0.39 is 0 Å². The van der Waals surface area contributed by atoms with Crippen molar-refractivity contribution in [2.24, 2.45) is 0 Å². The first-order chi connectivity index (χ1) is 10.2. The van der Waals surface area contributed by atoms with Gasteiger partial charge in [0.05, 0.1) is 25.9 Å². The van der Waals surface area contributed by atoms with E-state index in [9.17, 15) is 5.26 Å². The predicted molar refractivity (Wildman–Crippen MR) is 87.2 cm³/mol. The number of allylic oxidation sites excluding steroid dienone is 1. The summed E-state index contributed by atoms with van der Waals surface area (Å²) in [6.07, 6.45) is 1.81. The number of ether oxygens (including phenoxy) is 2. The molecule has 0 saturated heterocycles. The van der Waals surface area contributed by atoms with Crippen LogP contribution in [0.4, 0.5) is 0 Å². The molecule has 0 radical (unpaired) electrons. The molecule has 2 rings (SSSR count). The normalized spacial score (nSPS) is 10.9. The van der Waals surface area contributed by atoms with Gasteiger partial charge in [0.25, 0.3) is 0 Å². The maximum atomic E-state index is 9.38. The lowest BCUT2D eigenvalue weighted by molar-refractivity contribution is 0.394. The molecule has 0 saturated carbocycles. The first kappa shape index (κ1) is 15.1. The van der Waals surface area contributed by atoms with Gasteiger partial charge in [-0.25, -0.2) is 0 Å². The molecule has 4 heteroatoms. The minimum atomic E-state index is 0.575. The highest BCUT2D eigenvalue weighted by Crippen LogP contribution is 2.28. The summed E-state index contributed by atoms with van der Waals surface area (Å²) < 4.78 is 11.5. The van der Waals surface area contributed by atoms with Crippen LogP contribution in [0.1, 0.15) is 11.1 Å². The molecule has 0 N–H and O–H groups in total. The molecule has 0 heterocycles. The second-order valence-electron chi connectivity index (χ2n) is 4.28. The Morgan fingerprint density at radius 2 is 1.81 bits per heavy atom. The third kappa shape index (κ3) is 3.65. The Bertz CT molecular complexity index is 700. The maximum absolute atomic E-state index is 9.38. The number of rotatable bonds is 4. The van der Waals surface area contributed by atoms with Crippen LogP contribution in [-0.2, 0) is 0 Å². The van der Waals surface area contributed by atoms with Crippen LogP contribution in [0.25, 0.3) is 11.6 Å². The molecule has 0 aromatic heterocycles. The molecule has 106 valence electrons. The Kier molecular flexibility index (Phi) is 5.02. The third-order valence-corrected chi connectivity index (χ3v) is 3.54. The highest BCUT2D eigenvalue weighted by atomic mass is 79.9. The van der Waals surface area contributed by atoms with Gasteiger partial charge in [0.1, 0.15) is 11.5 Å². The molecule has 0 unspecified atom stereocenters. The van der Waals surface area contributed by atoms with Crippen molar-refractivity contribution >= 4 is 27.6 Å². The standard InChI is InChI=1S/C17H14BrNO2/c1-20-16-8-5-13(17(10-16)21-2)9-14(11-19)12-3-6-15(18)7-4-12/h3-10H,1-2H3. The van der Waals surface area contributed by atoms with Crippen molar-refractivity contribution in [3.05, 3.63) is 58.1 Å². The maximum Gasteiger partial charge on any atom is 0.129 e. The minimum Gasteiger partial charge on any atom is -0.497 e. The Labute approximate surface area is 132 Å². The second kappa shape index (κ2) is 6.96. The Morgan fingerprint density at radius 3 is 2.38 bits per heavy atom. The van der Waals surface area contributed by atoms with Crippen LogP contribution in [0, 0.1) is 11.3 Å². The van der Waals surface area contributed by atoms with Gasteiger partial charge >= 0.3 is 0 Å². The summed E-state index contributed by atoms with van der Waals surface area (Å²) >= 11 is 3.39. The van der Waals surface area contributed by atoms with Crippen LogP contribution in [0.3, 0.4) is 0 Å². The highest BCUT2D eigenvalue weighted by Gasteiger charge is 2.06. The van der Waals surface area contributed by atoms with Crippen molar-refractivity contribution in [3.63, 3.8) is 0 Å². The van der Waals surface area contributed by atoms with E-state index in [2.05, 4.69) is 22.0 Å². The summed E-state index contributed by atoms with van der Waals surface area (Å²) in [5.41, 5.74) is 2.27. The van der Waals surface area contributed by atoms with E-state index in [0.717, 1.165) is 15.6 Å². The number of halogens is 1. The summed E-state index contributed by atoms with van der Waals surface area (Å²) in [5.74, 6) is 1.38. The molecule has 2 aromatic carbocycles. The number of hydrogen-bond acceptors (Lipinski definition) is 3. The third-order valence-electron chi connectivity index (χ3n) is 3.02. The van der Waals surface area contributed by atoms with Crippen molar-refractivity contribution in [1.82, 2.24) is 0 Å². The van der Waals surface area contributed by atoms with E-state index in [1.54, 1.807) is 20.3 Å². The van der Waals surface area contributed by atoms with Crippen LogP contribution in [0.5, 0.6) is 11.5 Å². The first-order valence-electron chi connectivity index (χ1n) is 6.27. The Balaban J connectivity index is 2.45. The van der Waals surface area contributed by atoms with E-state index in [-0.39, 0.29) is 0 Å². The van der Waals surface area contributed by atoms with Crippen LogP contribution in [0.2, 0.25) is 0 Å². The van der Waals surface area contributed by atoms with E-state index >= 15 is 0 Å². The van der Waals surface area contributed by atoms with E-state index in [0.29, 0.717) is 17.1 Å². The zero-order chi connectivity index (χ0) is 15.2. The van der Waals surface area contributed by atoms with Gasteiger partial charge in [-0.3, -0.25) is 0 Å². The molecule has 0 aliphatic heterocycles. The molecule has 2 aromatic rings. The zero-order valence-corrected chi connectivity index (χ0v) is 13.3. The summed E-state index contributed by atoms with van der Waals surface area (Å²) in [4.78, 5) is 0. The average molecular weight is 344 g/mol. The number of benzene rings is 2. The van der Waals surface area contributed by atoms with Crippen molar-refractivity contribution in [1.29, 1.82) is 5.26 Å². The van der Waals surface area contributed by atoms with Crippen LogP contribution >= 0.6 is 15.9 Å². The monoisotopic (exact) mass is 343 g/mol. The van der Waals surface area contributed by atoms with Gasteiger partial charge in [-0.1, -0.05) is 28.1 Å². The highest BCUT2D eigenvalue weighted by molar-refractivity contribution is 9.10. The molecule has 0 bridgehead atoms. The number of nitrogens with zero attached hydrogens (tertiary/aromatic N) is 1. The van der Waals surface area contributed by atoms with Crippen LogP contribution in [-0.4, -0.2) is 14.2 Å². The van der Waals surface area contributed by atoms with E-state index in [1.165, 1.54) is 0 Å². The smallest absolute Gasteiger partial charge is 0.129 e. The van der Waals surface area contributed by atoms with Crippen molar-refractivity contribution in [3.8, 4) is 17.6 Å². The lowest BCUT2D eigenvalue weighted by Crippen LogP contribution is -1.90. The van der Waals surface area contributed by atoms with E-state index in [4.69, 9.17) is 9.47 Å². The summed E-state index contributed by atoms with van der Waals surface area (Å²) in [7, 11) is 3.20. The fourth-order valence-electron chi connectivity index (χ4n) is 1.90. The van der Waals surface area contributed by atoms with Crippen molar-refractivity contribution in [2.75, 3.05) is 14.2 Å². The lowest BCUT2D eigenvalue weighted by atomic mass is 10.0. The SMILES string of the molecule is COc1ccc(C=C(C#N)c2ccc(Br)cc2)c(OC)c1. The second-order valence-corrected chi connectivity index (χ2v) is 5.20. The Morgan fingerprint density at radius 1 is 1.10 bits per heavy atom. The van der Waals surface area contributed by atoms with Gasteiger partial charge in [0, 0.05) is 16.1 Å². The molecule has 21 heavy (non-hydrogen) atoms. The fourth-order valence-corrected chi connectivity index (χ4v) is 2.17. The molecular weight excluding hydrogens is 330 g/mol. The number of nitriles is 1. The Hall–Kier alpha value is -2.25. The van der Waals surface area contributed by atoms with Gasteiger partial charge in [-0.05, 0) is 35.9 Å². The molecule has 0 atom stereocenters. The topological polar surface area (TPSA) is 42.2 Å². The predicted octanol–water partition coefficient (Wildman–Crippen LogP) is 4.53. The van der Waals surface area contributed by atoms with Gasteiger partial charge in [0.2, 0.25) is 0 Å². The molecule has 0 aliphatic rings. The van der Waals surface area contributed by atoms with Crippen LogP contribution in [0.15, 0.2) is 46.9 Å². The summed E-state index contributed by atoms with van der Waals surface area (Å²) in [5, 5.41) is 9.38. The summed E-state index contributed by atoms with van der Waals surface area (Å²) in [6, 6.07) is 15.3. The molecular formula is C17H14BrNO2. The van der Waals surface area contributed by atoms with E-state index in [1.807, 2.05) is 42.5 Å². The number of hydrogen-bond donors (Lipinski definition) is 0. The van der Waals surface area contributed by atoms with Gasteiger partial charge in [-0.2, -0.15) is 5.26 Å². The lowest BCUT2D eigenvalue weighted by Gasteiger charge is -2.08. The zero-order valence-electron chi connectivity index (χ0n) is 11.8. The molecule has 0 fully saturated rings. The minimum absolute atomic E-state index is 0.575. The molecule has 3 nitrogen and oxygen atoms in total. The molecule has 0 spiro atoms. The first-order valence-corrected chi connectivity index (χ1v) is 7.07. The van der Waals surface area contributed by atoms with Gasteiger partial charge in [0.15, 0.2) is 0 Å². The molecule has 0 amide bonds. The van der Waals surface area contributed by atoms with Gasteiger partial charge in [-0.15, -0.1) is 0 Å².